The first kappa shape index (κ1) is 27.3. The zero-order valence-electron chi connectivity index (χ0n) is 22.8. The molecule has 1 amide bonds. The number of carbonyl (C=O) groups is 1. The lowest BCUT2D eigenvalue weighted by molar-refractivity contribution is -0.141. The zero-order chi connectivity index (χ0) is 28.5. The molecule has 0 radical (unpaired) electrons. The molecule has 41 heavy (non-hydrogen) atoms. The lowest BCUT2D eigenvalue weighted by Gasteiger charge is -2.36. The molecule has 5 nitrogen and oxygen atoms in total. The van der Waals surface area contributed by atoms with E-state index in [0.717, 1.165) is 78.1 Å². The minimum absolute atomic E-state index is 0.450. The summed E-state index contributed by atoms with van der Waals surface area (Å²) in [5.74, 6) is 0.414. The van der Waals surface area contributed by atoms with Crippen molar-refractivity contribution in [1.29, 1.82) is 0 Å². The van der Waals surface area contributed by atoms with Gasteiger partial charge < -0.3 is 10.2 Å². The first-order chi connectivity index (χ1) is 19.8. The summed E-state index contributed by atoms with van der Waals surface area (Å²) < 4.78 is 39.3. The van der Waals surface area contributed by atoms with Crippen molar-refractivity contribution in [3.05, 3.63) is 96.1 Å². The normalized spacial score (nSPS) is 16.4. The van der Waals surface area contributed by atoms with Crippen LogP contribution in [0.5, 0.6) is 0 Å². The number of amides is 1. The molecule has 2 aliphatic rings. The standard InChI is InChI=1S/C33H33F3N4O/c34-33(35,36)23-37-31(41)32(27-12-4-2-10-25(27)26-11-3-5-13-28(26)32)17-7-8-18-39-19-21-40(22-20-39)30-16-15-24-9-1-6-14-29(24)38-30/h1-6,9-16H,7-8,17-23H2,(H,37,41). The van der Waals surface area contributed by atoms with Crippen LogP contribution in [0.15, 0.2) is 84.9 Å². The van der Waals surface area contributed by atoms with Gasteiger partial charge in [-0.1, -0.05) is 73.2 Å². The van der Waals surface area contributed by atoms with Gasteiger partial charge in [0.1, 0.15) is 17.8 Å². The van der Waals surface area contributed by atoms with E-state index in [4.69, 9.17) is 4.98 Å². The fourth-order valence-corrected chi connectivity index (χ4v) is 6.44. The molecular formula is C33H33F3N4O. The number of fused-ring (bicyclic) bond motifs is 4. The summed E-state index contributed by atoms with van der Waals surface area (Å²) in [6, 6.07) is 27.6. The molecule has 1 aromatic heterocycles. The second-order valence-electron chi connectivity index (χ2n) is 10.9. The largest absolute Gasteiger partial charge is 0.405 e. The van der Waals surface area contributed by atoms with Crippen LogP contribution in [0.25, 0.3) is 22.0 Å². The Morgan fingerprint density at radius 1 is 0.805 bits per heavy atom. The lowest BCUT2D eigenvalue weighted by atomic mass is 9.73. The molecule has 1 N–H and O–H groups in total. The summed E-state index contributed by atoms with van der Waals surface area (Å²) in [7, 11) is 0. The van der Waals surface area contributed by atoms with Crippen LogP contribution in [0.1, 0.15) is 30.4 Å². The molecule has 212 valence electrons. The van der Waals surface area contributed by atoms with Gasteiger partial charge in [-0.3, -0.25) is 9.69 Å². The third kappa shape index (κ3) is 5.40. The first-order valence-electron chi connectivity index (χ1n) is 14.2. The van der Waals surface area contributed by atoms with Gasteiger partial charge in [0.15, 0.2) is 0 Å². The Morgan fingerprint density at radius 3 is 2.12 bits per heavy atom. The smallest absolute Gasteiger partial charge is 0.354 e. The predicted octanol–water partition coefficient (Wildman–Crippen LogP) is 6.17. The minimum Gasteiger partial charge on any atom is -0.354 e. The van der Waals surface area contributed by atoms with Crippen molar-refractivity contribution in [1.82, 2.24) is 15.2 Å². The van der Waals surface area contributed by atoms with E-state index in [1.165, 1.54) is 0 Å². The molecular weight excluding hydrogens is 525 g/mol. The Balaban J connectivity index is 1.12. The number of piperazine rings is 1. The number of carbonyl (C=O) groups excluding carboxylic acids is 1. The van der Waals surface area contributed by atoms with Gasteiger partial charge in [-0.25, -0.2) is 4.98 Å². The fourth-order valence-electron chi connectivity index (χ4n) is 6.44. The minimum atomic E-state index is -4.47. The number of pyridine rings is 1. The summed E-state index contributed by atoms with van der Waals surface area (Å²) >= 11 is 0. The molecule has 0 spiro atoms. The highest BCUT2D eigenvalue weighted by Gasteiger charge is 2.49. The molecule has 3 aromatic carbocycles. The topological polar surface area (TPSA) is 48.5 Å². The van der Waals surface area contributed by atoms with Crippen LogP contribution in [0.4, 0.5) is 19.0 Å². The van der Waals surface area contributed by atoms with E-state index >= 15 is 0 Å². The number of rotatable bonds is 8. The van der Waals surface area contributed by atoms with E-state index in [1.807, 2.05) is 66.7 Å². The first-order valence-corrected chi connectivity index (χ1v) is 14.2. The number of halogens is 3. The second kappa shape index (κ2) is 11.2. The summed E-state index contributed by atoms with van der Waals surface area (Å²) in [5.41, 5.74) is 3.27. The highest BCUT2D eigenvalue weighted by atomic mass is 19.4. The summed E-state index contributed by atoms with van der Waals surface area (Å²) in [6.45, 7) is 3.14. The highest BCUT2D eigenvalue weighted by Crippen LogP contribution is 2.51. The second-order valence-corrected chi connectivity index (χ2v) is 10.9. The molecule has 6 rings (SSSR count). The number of benzene rings is 3. The highest BCUT2D eigenvalue weighted by molar-refractivity contribution is 6.00. The maximum Gasteiger partial charge on any atom is 0.405 e. The van der Waals surface area contributed by atoms with Crippen LogP contribution in [0, 0.1) is 0 Å². The van der Waals surface area contributed by atoms with Crippen molar-refractivity contribution < 1.29 is 18.0 Å². The van der Waals surface area contributed by atoms with Crippen molar-refractivity contribution in [2.24, 2.45) is 0 Å². The maximum atomic E-state index is 13.7. The number of aromatic nitrogens is 1. The number of nitrogens with one attached hydrogen (secondary N) is 1. The van der Waals surface area contributed by atoms with Crippen LogP contribution in [0.3, 0.4) is 0 Å². The van der Waals surface area contributed by atoms with Gasteiger partial charge in [0.2, 0.25) is 5.91 Å². The summed E-state index contributed by atoms with van der Waals surface area (Å²) in [5, 5.41) is 3.35. The predicted molar refractivity (Wildman–Crippen MR) is 156 cm³/mol. The monoisotopic (exact) mass is 558 g/mol. The van der Waals surface area contributed by atoms with E-state index < -0.39 is 24.0 Å². The van der Waals surface area contributed by atoms with Crippen molar-refractivity contribution >= 4 is 22.6 Å². The van der Waals surface area contributed by atoms with Gasteiger partial charge in [0, 0.05) is 31.6 Å². The Morgan fingerprint density at radius 2 is 1.44 bits per heavy atom. The quantitative estimate of drug-likeness (QED) is 0.263. The Bertz CT molecular complexity index is 1500. The van der Waals surface area contributed by atoms with E-state index in [2.05, 4.69) is 33.3 Å². The maximum absolute atomic E-state index is 13.7. The molecule has 4 aromatic rings. The van der Waals surface area contributed by atoms with Gasteiger partial charge in [-0.2, -0.15) is 13.2 Å². The SMILES string of the molecule is O=C(NCC(F)(F)F)C1(CCCCN2CCN(c3ccc4ccccc4n3)CC2)c2ccccc2-c2ccccc21. The molecule has 0 saturated carbocycles. The van der Waals surface area contributed by atoms with E-state index in [0.29, 0.717) is 12.8 Å². The molecule has 0 bridgehead atoms. The number of unbranched alkanes of at least 4 members (excludes halogenated alkanes) is 1. The van der Waals surface area contributed by atoms with Crippen molar-refractivity contribution in [3.63, 3.8) is 0 Å². The van der Waals surface area contributed by atoms with Gasteiger partial charge in [-0.05, 0) is 59.8 Å². The molecule has 1 saturated heterocycles. The van der Waals surface area contributed by atoms with Gasteiger partial charge >= 0.3 is 6.18 Å². The van der Waals surface area contributed by atoms with E-state index in [9.17, 15) is 18.0 Å². The van der Waals surface area contributed by atoms with Crippen LogP contribution in [-0.4, -0.2) is 61.2 Å². The van der Waals surface area contributed by atoms with Gasteiger partial charge in [0.25, 0.3) is 0 Å². The molecule has 1 aliphatic heterocycles. The summed E-state index contributed by atoms with van der Waals surface area (Å²) in [4.78, 5) is 23.2. The Hall–Kier alpha value is -3.91. The molecule has 1 aliphatic carbocycles. The zero-order valence-corrected chi connectivity index (χ0v) is 22.8. The average Bonchev–Trinajstić information content (AvgIpc) is 3.28. The van der Waals surface area contributed by atoms with Crippen molar-refractivity contribution in [3.8, 4) is 11.1 Å². The van der Waals surface area contributed by atoms with Crippen molar-refractivity contribution in [2.75, 3.05) is 44.2 Å². The van der Waals surface area contributed by atoms with Crippen LogP contribution < -0.4 is 10.2 Å². The Kier molecular flexibility index (Phi) is 7.43. The number of hydrogen-bond acceptors (Lipinski definition) is 4. The number of alkyl halides is 3. The van der Waals surface area contributed by atoms with E-state index in [-0.39, 0.29) is 0 Å². The van der Waals surface area contributed by atoms with Crippen LogP contribution >= 0.6 is 0 Å². The van der Waals surface area contributed by atoms with E-state index in [1.54, 1.807) is 0 Å². The van der Waals surface area contributed by atoms with Crippen molar-refractivity contribution in [2.45, 2.75) is 30.9 Å². The fraction of sp³-hybridized carbons (Fsp3) is 0.333. The lowest BCUT2D eigenvalue weighted by Crippen LogP contribution is -2.47. The molecule has 1 fully saturated rings. The average molecular weight is 559 g/mol. The molecule has 2 heterocycles. The van der Waals surface area contributed by atoms with Gasteiger partial charge in [-0.15, -0.1) is 0 Å². The third-order valence-corrected chi connectivity index (χ3v) is 8.46. The number of para-hydroxylation sites is 1. The number of nitrogens with zero attached hydrogens (tertiary/aromatic N) is 3. The molecule has 0 atom stereocenters. The third-order valence-electron chi connectivity index (χ3n) is 8.46. The van der Waals surface area contributed by atoms with Gasteiger partial charge in [0.05, 0.1) is 5.52 Å². The van der Waals surface area contributed by atoms with Crippen LogP contribution in [-0.2, 0) is 10.2 Å². The molecule has 0 unspecified atom stereocenters. The molecule has 8 heteroatoms. The number of hydrogen-bond donors (Lipinski definition) is 1. The van der Waals surface area contributed by atoms with Crippen LogP contribution in [0.2, 0.25) is 0 Å². The summed E-state index contributed by atoms with van der Waals surface area (Å²) in [6.07, 6.45) is -2.45. The number of anilines is 1. The Labute approximate surface area is 238 Å².